The Morgan fingerprint density at radius 2 is 2.08 bits per heavy atom. The van der Waals surface area contributed by atoms with Gasteiger partial charge >= 0.3 is 0 Å². The maximum Gasteiger partial charge on any atom is 0.165 e. The van der Waals surface area contributed by atoms with Crippen molar-refractivity contribution in [3.05, 3.63) is 29.8 Å². The Kier molecular flexibility index (Phi) is 3.23. The summed E-state index contributed by atoms with van der Waals surface area (Å²) < 4.78 is 30.5. The third-order valence-corrected chi connectivity index (χ3v) is 1.39. The van der Waals surface area contributed by atoms with Gasteiger partial charge in [0.2, 0.25) is 0 Å². The minimum atomic E-state index is -0.611. The van der Waals surface area contributed by atoms with Crippen LogP contribution in [0.15, 0.2) is 12.1 Å². The molecule has 0 saturated heterocycles. The molecule has 0 saturated carbocycles. The highest BCUT2D eigenvalue weighted by Gasteiger charge is 2.05. The highest BCUT2D eigenvalue weighted by atomic mass is 19.1. The summed E-state index contributed by atoms with van der Waals surface area (Å²) >= 11 is 0. The van der Waals surface area contributed by atoms with Crippen molar-refractivity contribution in [3.63, 3.8) is 0 Å². The van der Waals surface area contributed by atoms with E-state index in [9.17, 15) is 8.78 Å². The Balaban J connectivity index is 2.70. The van der Waals surface area contributed by atoms with Crippen LogP contribution < -0.4 is 4.74 Å². The summed E-state index contributed by atoms with van der Waals surface area (Å²) in [5, 5.41) is 0. The minimum Gasteiger partial charge on any atom is -0.489 e. The van der Waals surface area contributed by atoms with Gasteiger partial charge in [-0.15, -0.1) is 0 Å². The maximum absolute atomic E-state index is 12.9. The first-order valence-electron chi connectivity index (χ1n) is 4.09. The lowest BCUT2D eigenvalue weighted by atomic mass is 10.2. The predicted octanol–water partition coefficient (Wildman–Crippen LogP) is 2.80. The van der Waals surface area contributed by atoms with Gasteiger partial charge in [-0.1, -0.05) is 13.8 Å². The molecule has 3 heteroatoms. The van der Waals surface area contributed by atoms with Crippen LogP contribution in [0.3, 0.4) is 0 Å². The van der Waals surface area contributed by atoms with Gasteiger partial charge in [-0.25, -0.2) is 8.78 Å². The molecule has 71 valence electrons. The Morgan fingerprint density at radius 1 is 1.38 bits per heavy atom. The molecule has 0 atom stereocenters. The summed E-state index contributed by atoms with van der Waals surface area (Å²) in [6.07, 6.45) is 0. The minimum absolute atomic E-state index is 0.145. The number of hydrogen-bond acceptors (Lipinski definition) is 1. The first-order chi connectivity index (χ1) is 6.09. The van der Waals surface area contributed by atoms with Crippen molar-refractivity contribution >= 4 is 0 Å². The fourth-order valence-corrected chi connectivity index (χ4v) is 0.787. The molecule has 0 bridgehead atoms. The van der Waals surface area contributed by atoms with Gasteiger partial charge in [0.1, 0.15) is 5.82 Å². The van der Waals surface area contributed by atoms with Crippen molar-refractivity contribution in [2.75, 3.05) is 6.61 Å². The number of benzene rings is 1. The van der Waals surface area contributed by atoms with Crippen molar-refractivity contribution in [2.45, 2.75) is 13.8 Å². The van der Waals surface area contributed by atoms with Crippen molar-refractivity contribution in [1.82, 2.24) is 0 Å². The maximum atomic E-state index is 12.9. The Hall–Kier alpha value is -1.12. The monoisotopic (exact) mass is 185 g/mol. The average molecular weight is 185 g/mol. The van der Waals surface area contributed by atoms with Crippen molar-refractivity contribution in [3.8, 4) is 5.75 Å². The van der Waals surface area contributed by atoms with Crippen LogP contribution in [-0.2, 0) is 0 Å². The molecular formula is C10H11F2O. The zero-order chi connectivity index (χ0) is 9.84. The van der Waals surface area contributed by atoms with Crippen LogP contribution in [0, 0.1) is 23.6 Å². The molecule has 1 radical (unpaired) electrons. The molecule has 0 N–H and O–H groups in total. The molecule has 13 heavy (non-hydrogen) atoms. The Bertz CT molecular complexity index is 284. The van der Waals surface area contributed by atoms with Gasteiger partial charge in [0.15, 0.2) is 11.6 Å². The van der Waals surface area contributed by atoms with E-state index in [4.69, 9.17) is 4.74 Å². The number of rotatable bonds is 3. The van der Waals surface area contributed by atoms with E-state index in [1.165, 1.54) is 0 Å². The highest BCUT2D eigenvalue weighted by Crippen LogP contribution is 2.17. The van der Waals surface area contributed by atoms with Crippen LogP contribution in [0.25, 0.3) is 0 Å². The second kappa shape index (κ2) is 4.21. The van der Waals surface area contributed by atoms with Gasteiger partial charge in [0.05, 0.1) is 12.7 Å². The molecule has 1 aromatic carbocycles. The molecule has 1 nitrogen and oxygen atoms in total. The molecule has 1 aromatic rings. The van der Waals surface area contributed by atoms with Crippen molar-refractivity contribution < 1.29 is 13.5 Å². The summed E-state index contributed by atoms with van der Waals surface area (Å²) in [6.45, 7) is 4.21. The molecule has 0 aliphatic heterocycles. The van der Waals surface area contributed by atoms with E-state index >= 15 is 0 Å². The number of hydrogen-bond donors (Lipinski definition) is 0. The van der Waals surface area contributed by atoms with E-state index in [-0.39, 0.29) is 11.7 Å². The van der Waals surface area contributed by atoms with E-state index < -0.39 is 11.6 Å². The van der Waals surface area contributed by atoms with E-state index in [2.05, 4.69) is 6.07 Å². The van der Waals surface area contributed by atoms with Gasteiger partial charge in [0.25, 0.3) is 0 Å². The molecule has 0 heterocycles. The van der Waals surface area contributed by atoms with Gasteiger partial charge in [-0.3, -0.25) is 0 Å². The first-order valence-corrected chi connectivity index (χ1v) is 4.09. The summed E-state index contributed by atoms with van der Waals surface area (Å²) in [6, 6.07) is 4.21. The van der Waals surface area contributed by atoms with Crippen LogP contribution in [0.1, 0.15) is 13.8 Å². The normalized spacial score (nSPS) is 10.5. The fourth-order valence-electron chi connectivity index (χ4n) is 0.787. The molecule has 0 aliphatic carbocycles. The average Bonchev–Trinajstić information content (AvgIpc) is 2.06. The predicted molar refractivity (Wildman–Crippen MR) is 45.5 cm³/mol. The van der Waals surface area contributed by atoms with Gasteiger partial charge in [0, 0.05) is 0 Å². The van der Waals surface area contributed by atoms with Gasteiger partial charge < -0.3 is 4.74 Å². The molecular weight excluding hydrogens is 174 g/mol. The number of halogens is 2. The standard InChI is InChI=1S/C10H11F2O/c1-7(2)6-13-10-5-8(11)3-4-9(10)12/h3-4,7H,6H2,1-2H3. The smallest absolute Gasteiger partial charge is 0.165 e. The van der Waals surface area contributed by atoms with Crippen LogP contribution in [0.4, 0.5) is 8.78 Å². The lowest BCUT2D eigenvalue weighted by Gasteiger charge is -2.08. The Morgan fingerprint density at radius 3 is 2.69 bits per heavy atom. The fraction of sp³-hybridized carbons (Fsp3) is 0.400. The topological polar surface area (TPSA) is 9.23 Å². The summed E-state index contributed by atoms with van der Waals surface area (Å²) in [7, 11) is 0. The molecule has 0 unspecified atom stereocenters. The van der Waals surface area contributed by atoms with E-state index in [0.717, 1.165) is 12.1 Å². The number of ether oxygens (including phenoxy) is 1. The Labute approximate surface area is 76.3 Å². The van der Waals surface area contributed by atoms with Crippen LogP contribution in [-0.4, -0.2) is 6.61 Å². The molecule has 0 spiro atoms. The van der Waals surface area contributed by atoms with E-state index in [1.54, 1.807) is 0 Å². The summed E-state index contributed by atoms with van der Waals surface area (Å²) in [5.41, 5.74) is 0. The third kappa shape index (κ3) is 3.01. The van der Waals surface area contributed by atoms with Crippen molar-refractivity contribution in [2.24, 2.45) is 5.92 Å². The highest BCUT2D eigenvalue weighted by molar-refractivity contribution is 5.23. The third-order valence-electron chi connectivity index (χ3n) is 1.39. The van der Waals surface area contributed by atoms with Gasteiger partial charge in [-0.2, -0.15) is 0 Å². The van der Waals surface area contributed by atoms with Crippen molar-refractivity contribution in [1.29, 1.82) is 0 Å². The molecule has 0 fully saturated rings. The van der Waals surface area contributed by atoms with Gasteiger partial charge in [-0.05, 0) is 18.1 Å². The largest absolute Gasteiger partial charge is 0.489 e. The van der Waals surface area contributed by atoms with Crippen LogP contribution >= 0.6 is 0 Å². The lowest BCUT2D eigenvalue weighted by molar-refractivity contribution is 0.257. The first kappa shape index (κ1) is 9.96. The summed E-state index contributed by atoms with van der Waals surface area (Å²) in [5.74, 6) is -1.06. The second-order valence-corrected chi connectivity index (χ2v) is 3.19. The quantitative estimate of drug-likeness (QED) is 0.703. The van der Waals surface area contributed by atoms with E-state index in [1.807, 2.05) is 13.8 Å². The summed E-state index contributed by atoms with van der Waals surface area (Å²) in [4.78, 5) is 0. The van der Waals surface area contributed by atoms with Crippen LogP contribution in [0.5, 0.6) is 5.75 Å². The van der Waals surface area contributed by atoms with Crippen LogP contribution in [0.2, 0.25) is 0 Å². The lowest BCUT2D eigenvalue weighted by Crippen LogP contribution is -2.06. The molecule has 0 aromatic heterocycles. The molecule has 0 aliphatic rings. The second-order valence-electron chi connectivity index (χ2n) is 3.19. The zero-order valence-electron chi connectivity index (χ0n) is 7.60. The zero-order valence-corrected chi connectivity index (χ0v) is 7.60. The van der Waals surface area contributed by atoms with E-state index in [0.29, 0.717) is 6.61 Å². The molecule has 0 amide bonds. The SMILES string of the molecule is CC(C)COc1[c]c(F)ccc1F. The molecule has 1 rings (SSSR count).